The molecule has 5 rings (SSSR count). The second kappa shape index (κ2) is 8.41. The highest BCUT2D eigenvalue weighted by atomic mass is 35.5. The van der Waals surface area contributed by atoms with Gasteiger partial charge in [0.2, 0.25) is 0 Å². The maximum atomic E-state index is 12.9. The first-order valence-electron chi connectivity index (χ1n) is 10.5. The molecule has 1 aliphatic heterocycles. The van der Waals surface area contributed by atoms with Gasteiger partial charge in [-0.15, -0.1) is 11.3 Å². The molecule has 2 amide bonds. The lowest BCUT2D eigenvalue weighted by molar-refractivity contribution is 0.0792. The number of halogens is 1. The minimum absolute atomic E-state index is 0.0472. The number of hydrogen-bond acceptors (Lipinski definition) is 4. The summed E-state index contributed by atoms with van der Waals surface area (Å²) in [5, 5.41) is 9.10. The van der Waals surface area contributed by atoms with Crippen LogP contribution >= 0.6 is 22.9 Å². The molecule has 2 aromatic carbocycles. The zero-order chi connectivity index (χ0) is 22.2. The predicted octanol–water partition coefficient (Wildman–Crippen LogP) is 5.54. The summed E-state index contributed by atoms with van der Waals surface area (Å²) in [6.07, 6.45) is 2.12. The van der Waals surface area contributed by atoms with Crippen LogP contribution < -0.4 is 5.32 Å². The minimum atomic E-state index is -0.193. The lowest BCUT2D eigenvalue weighted by atomic mass is 10.2. The number of nitrogens with one attached hydrogen (secondary N) is 1. The van der Waals surface area contributed by atoms with Crippen LogP contribution in [-0.4, -0.2) is 39.6 Å². The van der Waals surface area contributed by atoms with E-state index in [0.29, 0.717) is 21.2 Å². The van der Waals surface area contributed by atoms with Crippen molar-refractivity contribution in [3.05, 3.63) is 75.8 Å². The number of aromatic nitrogens is 2. The molecule has 1 fully saturated rings. The molecule has 0 saturated carbocycles. The zero-order valence-corrected chi connectivity index (χ0v) is 19.0. The first kappa shape index (κ1) is 20.7. The zero-order valence-electron chi connectivity index (χ0n) is 17.5. The fourth-order valence-electron chi connectivity index (χ4n) is 3.93. The molecule has 2 aromatic heterocycles. The third-order valence-corrected chi connectivity index (χ3v) is 6.95. The number of thiophene rings is 1. The number of benzene rings is 2. The topological polar surface area (TPSA) is 67.2 Å². The number of amides is 2. The molecule has 4 aromatic rings. The Morgan fingerprint density at radius 3 is 2.53 bits per heavy atom. The lowest BCUT2D eigenvalue weighted by Crippen LogP contribution is -2.27. The van der Waals surface area contributed by atoms with Gasteiger partial charge in [0.15, 0.2) is 0 Å². The summed E-state index contributed by atoms with van der Waals surface area (Å²) in [7, 11) is 0. The van der Waals surface area contributed by atoms with E-state index in [1.54, 1.807) is 24.3 Å². The Morgan fingerprint density at radius 1 is 1.06 bits per heavy atom. The van der Waals surface area contributed by atoms with E-state index in [-0.39, 0.29) is 11.8 Å². The SMILES string of the molecule is Cc1nn(-c2cccc(Cl)c2)c2sc(C(=O)Nc3ccc(C(=O)N4CCCC4)cc3)cc12. The van der Waals surface area contributed by atoms with Gasteiger partial charge in [0.25, 0.3) is 11.8 Å². The highest BCUT2D eigenvalue weighted by molar-refractivity contribution is 7.20. The van der Waals surface area contributed by atoms with Gasteiger partial charge in [-0.1, -0.05) is 17.7 Å². The van der Waals surface area contributed by atoms with E-state index >= 15 is 0 Å². The molecule has 0 aliphatic carbocycles. The van der Waals surface area contributed by atoms with E-state index in [9.17, 15) is 9.59 Å². The first-order chi connectivity index (χ1) is 15.5. The van der Waals surface area contributed by atoms with Gasteiger partial charge in [-0.25, -0.2) is 4.68 Å². The van der Waals surface area contributed by atoms with Gasteiger partial charge < -0.3 is 10.2 Å². The van der Waals surface area contributed by atoms with Gasteiger partial charge in [0, 0.05) is 34.7 Å². The van der Waals surface area contributed by atoms with Crippen LogP contribution in [0.1, 0.15) is 38.6 Å². The van der Waals surface area contributed by atoms with Crippen LogP contribution in [0.15, 0.2) is 54.6 Å². The molecule has 32 heavy (non-hydrogen) atoms. The number of aryl methyl sites for hydroxylation is 1. The second-order valence-electron chi connectivity index (χ2n) is 7.84. The van der Waals surface area contributed by atoms with E-state index in [0.717, 1.165) is 47.5 Å². The summed E-state index contributed by atoms with van der Waals surface area (Å²) >= 11 is 7.52. The van der Waals surface area contributed by atoms with E-state index in [1.165, 1.54) is 11.3 Å². The Bertz CT molecular complexity index is 1320. The Labute approximate surface area is 194 Å². The summed E-state index contributed by atoms with van der Waals surface area (Å²) in [5.74, 6) is -0.146. The molecule has 0 radical (unpaired) electrons. The normalized spacial score (nSPS) is 13.6. The maximum Gasteiger partial charge on any atom is 0.265 e. The molecule has 1 saturated heterocycles. The van der Waals surface area contributed by atoms with Crippen molar-refractivity contribution in [2.75, 3.05) is 18.4 Å². The first-order valence-corrected chi connectivity index (χ1v) is 11.6. The fourth-order valence-corrected chi connectivity index (χ4v) is 5.20. The van der Waals surface area contributed by atoms with E-state index in [4.69, 9.17) is 11.6 Å². The van der Waals surface area contributed by atoms with Crippen molar-refractivity contribution in [3.63, 3.8) is 0 Å². The van der Waals surface area contributed by atoms with E-state index < -0.39 is 0 Å². The van der Waals surface area contributed by atoms with Crippen LogP contribution in [-0.2, 0) is 0 Å². The molecule has 0 bridgehead atoms. The van der Waals surface area contributed by atoms with E-state index in [2.05, 4.69) is 10.4 Å². The van der Waals surface area contributed by atoms with Crippen LogP contribution in [0.5, 0.6) is 0 Å². The number of fused-ring (bicyclic) bond motifs is 1. The molecule has 3 heterocycles. The Morgan fingerprint density at radius 2 is 1.81 bits per heavy atom. The summed E-state index contributed by atoms with van der Waals surface area (Å²) in [5.41, 5.74) is 2.99. The molecular weight excluding hydrogens is 444 g/mol. The molecule has 8 heteroatoms. The van der Waals surface area contributed by atoms with Gasteiger partial charge in [-0.3, -0.25) is 9.59 Å². The van der Waals surface area contributed by atoms with Crippen molar-refractivity contribution in [2.45, 2.75) is 19.8 Å². The number of carbonyl (C=O) groups excluding carboxylic acids is 2. The van der Waals surface area contributed by atoms with Gasteiger partial charge in [0.05, 0.1) is 16.3 Å². The third kappa shape index (κ3) is 3.89. The summed E-state index contributed by atoms with van der Waals surface area (Å²) in [6, 6.07) is 16.4. The number of hydrogen-bond donors (Lipinski definition) is 1. The lowest BCUT2D eigenvalue weighted by Gasteiger charge is -2.15. The van der Waals surface area contributed by atoms with Crippen LogP contribution in [0.25, 0.3) is 15.9 Å². The average Bonchev–Trinajstić information content (AvgIpc) is 3.52. The quantitative estimate of drug-likeness (QED) is 0.431. The second-order valence-corrected chi connectivity index (χ2v) is 9.30. The van der Waals surface area contributed by atoms with Crippen molar-refractivity contribution in [1.82, 2.24) is 14.7 Å². The van der Waals surface area contributed by atoms with Crippen molar-refractivity contribution < 1.29 is 9.59 Å². The maximum absolute atomic E-state index is 12.9. The molecule has 6 nitrogen and oxygen atoms in total. The van der Waals surface area contributed by atoms with Crippen LogP contribution in [0, 0.1) is 6.92 Å². The Kier molecular flexibility index (Phi) is 5.45. The number of rotatable bonds is 4. The Balaban J connectivity index is 1.36. The van der Waals surface area contributed by atoms with Crippen molar-refractivity contribution in [1.29, 1.82) is 0 Å². The molecule has 0 atom stereocenters. The van der Waals surface area contributed by atoms with Gasteiger partial charge in [-0.05, 0) is 68.3 Å². The number of anilines is 1. The van der Waals surface area contributed by atoms with Gasteiger partial charge in [-0.2, -0.15) is 5.10 Å². The summed E-state index contributed by atoms with van der Waals surface area (Å²) in [4.78, 5) is 28.7. The molecule has 162 valence electrons. The standard InChI is InChI=1S/C24H21ClN4O2S/c1-15-20-14-21(32-24(20)29(27-15)19-6-4-5-17(25)13-19)22(30)26-18-9-7-16(8-10-18)23(31)28-11-2-3-12-28/h4-10,13-14H,2-3,11-12H2,1H3,(H,26,30). The molecule has 0 unspecified atom stereocenters. The number of likely N-dealkylation sites (tertiary alicyclic amines) is 1. The largest absolute Gasteiger partial charge is 0.339 e. The highest BCUT2D eigenvalue weighted by Gasteiger charge is 2.20. The molecule has 1 aliphatic rings. The minimum Gasteiger partial charge on any atom is -0.339 e. The van der Waals surface area contributed by atoms with Gasteiger partial charge in [0.1, 0.15) is 4.83 Å². The van der Waals surface area contributed by atoms with Crippen LogP contribution in [0.4, 0.5) is 5.69 Å². The summed E-state index contributed by atoms with van der Waals surface area (Å²) in [6.45, 7) is 3.55. The number of nitrogens with zero attached hydrogens (tertiary/aromatic N) is 3. The fraction of sp³-hybridized carbons (Fsp3) is 0.208. The van der Waals surface area contributed by atoms with Gasteiger partial charge >= 0.3 is 0 Å². The van der Waals surface area contributed by atoms with Crippen molar-refractivity contribution in [2.24, 2.45) is 0 Å². The smallest absolute Gasteiger partial charge is 0.265 e. The van der Waals surface area contributed by atoms with E-state index in [1.807, 2.05) is 46.8 Å². The predicted molar refractivity (Wildman–Crippen MR) is 128 cm³/mol. The summed E-state index contributed by atoms with van der Waals surface area (Å²) < 4.78 is 1.82. The molecular formula is C24H21ClN4O2S. The molecule has 1 N–H and O–H groups in total. The Hall–Kier alpha value is -3.16. The van der Waals surface area contributed by atoms with Crippen LogP contribution in [0.2, 0.25) is 5.02 Å². The molecule has 0 spiro atoms. The third-order valence-electron chi connectivity index (χ3n) is 5.60. The average molecular weight is 465 g/mol. The number of carbonyl (C=O) groups is 2. The van der Waals surface area contributed by atoms with Crippen LogP contribution in [0.3, 0.4) is 0 Å². The monoisotopic (exact) mass is 464 g/mol. The van der Waals surface area contributed by atoms with Crippen molar-refractivity contribution in [3.8, 4) is 5.69 Å². The highest BCUT2D eigenvalue weighted by Crippen LogP contribution is 2.31. The van der Waals surface area contributed by atoms with Crippen molar-refractivity contribution >= 4 is 50.7 Å².